The van der Waals surface area contributed by atoms with E-state index in [1.807, 2.05) is 0 Å². The second-order valence-corrected chi connectivity index (χ2v) is 10.1. The first-order chi connectivity index (χ1) is 16.4. The summed E-state index contributed by atoms with van der Waals surface area (Å²) in [5, 5.41) is 12.3. The van der Waals surface area contributed by atoms with Gasteiger partial charge in [0.15, 0.2) is 0 Å². The molecular formula is C25H29F3N4O3. The Morgan fingerprint density at radius 1 is 1.26 bits per heavy atom. The summed E-state index contributed by atoms with van der Waals surface area (Å²) in [4.78, 5) is 20.2. The van der Waals surface area contributed by atoms with Crippen LogP contribution in [0, 0.1) is 11.3 Å². The first-order valence-corrected chi connectivity index (χ1v) is 11.6. The number of ether oxygens (including phenoxy) is 1. The molecule has 1 fully saturated rings. The number of carboxylic acid groups (broad SMARTS) is 1. The molecule has 3 aromatic rings. The monoisotopic (exact) mass is 490 g/mol. The number of imidazole rings is 1. The van der Waals surface area contributed by atoms with Gasteiger partial charge < -0.3 is 19.7 Å². The van der Waals surface area contributed by atoms with E-state index in [-0.39, 0.29) is 23.6 Å². The fourth-order valence-corrected chi connectivity index (χ4v) is 5.23. The number of pyridine rings is 1. The highest BCUT2D eigenvalue weighted by atomic mass is 19.4. The SMILES string of the molecule is C[C@H]1C[C@@H](n2c(Nc3ccc(OC(F)(F)F)cc3)nc3cc(CCC(=O)O)ncc32)CC(C)(C)C1. The molecule has 10 heteroatoms. The van der Waals surface area contributed by atoms with Crippen molar-refractivity contribution in [3.8, 4) is 5.75 Å². The van der Waals surface area contributed by atoms with Crippen molar-refractivity contribution in [2.45, 2.75) is 65.3 Å². The Balaban J connectivity index is 1.70. The topological polar surface area (TPSA) is 89.3 Å². The molecule has 35 heavy (non-hydrogen) atoms. The molecule has 4 rings (SSSR count). The largest absolute Gasteiger partial charge is 0.573 e. The summed E-state index contributed by atoms with van der Waals surface area (Å²) < 4.78 is 43.6. The van der Waals surface area contributed by atoms with Crippen molar-refractivity contribution in [3.63, 3.8) is 0 Å². The van der Waals surface area contributed by atoms with E-state index >= 15 is 0 Å². The third kappa shape index (κ3) is 6.23. The first kappa shape index (κ1) is 24.8. The lowest BCUT2D eigenvalue weighted by Gasteiger charge is -2.40. The number of nitrogens with zero attached hydrogens (tertiary/aromatic N) is 3. The highest BCUT2D eigenvalue weighted by Crippen LogP contribution is 2.46. The molecule has 0 amide bonds. The minimum atomic E-state index is -4.75. The minimum Gasteiger partial charge on any atom is -0.481 e. The summed E-state index contributed by atoms with van der Waals surface area (Å²) in [6.07, 6.45) is 0.284. The predicted octanol–water partition coefficient (Wildman–Crippen LogP) is 6.48. The quantitative estimate of drug-likeness (QED) is 0.394. The fourth-order valence-electron chi connectivity index (χ4n) is 5.23. The zero-order chi connectivity index (χ0) is 25.4. The van der Waals surface area contributed by atoms with Crippen molar-refractivity contribution in [1.82, 2.24) is 14.5 Å². The van der Waals surface area contributed by atoms with E-state index in [1.54, 1.807) is 12.3 Å². The number of halogens is 3. The molecule has 2 heterocycles. The lowest BCUT2D eigenvalue weighted by molar-refractivity contribution is -0.274. The molecule has 0 bridgehead atoms. The summed E-state index contributed by atoms with van der Waals surface area (Å²) in [6.45, 7) is 6.74. The van der Waals surface area contributed by atoms with E-state index in [0.717, 1.165) is 24.8 Å². The van der Waals surface area contributed by atoms with Gasteiger partial charge in [0, 0.05) is 23.8 Å². The van der Waals surface area contributed by atoms with Crippen LogP contribution in [0.4, 0.5) is 24.8 Å². The molecule has 0 radical (unpaired) electrons. The van der Waals surface area contributed by atoms with Crippen LogP contribution in [0.25, 0.3) is 11.0 Å². The highest BCUT2D eigenvalue weighted by Gasteiger charge is 2.35. The van der Waals surface area contributed by atoms with Crippen LogP contribution in [0.1, 0.15) is 58.2 Å². The number of nitrogens with one attached hydrogen (secondary N) is 1. The van der Waals surface area contributed by atoms with Gasteiger partial charge in [0.25, 0.3) is 0 Å². The van der Waals surface area contributed by atoms with Gasteiger partial charge in [-0.05, 0) is 60.9 Å². The number of aromatic nitrogens is 3. The molecule has 1 aliphatic carbocycles. The number of hydrogen-bond donors (Lipinski definition) is 2. The Morgan fingerprint density at radius 3 is 2.60 bits per heavy atom. The molecule has 2 aromatic heterocycles. The zero-order valence-electron chi connectivity index (χ0n) is 19.9. The van der Waals surface area contributed by atoms with Crippen LogP contribution in [0.2, 0.25) is 0 Å². The highest BCUT2D eigenvalue weighted by molar-refractivity contribution is 5.80. The molecule has 7 nitrogen and oxygen atoms in total. The van der Waals surface area contributed by atoms with E-state index in [1.165, 1.54) is 24.3 Å². The summed E-state index contributed by atoms with van der Waals surface area (Å²) in [7, 11) is 0. The van der Waals surface area contributed by atoms with E-state index in [2.05, 4.69) is 40.4 Å². The number of hydrogen-bond acceptors (Lipinski definition) is 5. The van der Waals surface area contributed by atoms with Gasteiger partial charge in [0.1, 0.15) is 5.75 Å². The third-order valence-electron chi connectivity index (χ3n) is 6.30. The number of benzene rings is 1. The van der Waals surface area contributed by atoms with Crippen LogP contribution < -0.4 is 10.1 Å². The van der Waals surface area contributed by atoms with Crippen LogP contribution in [-0.2, 0) is 11.2 Å². The Bertz CT molecular complexity index is 1210. The van der Waals surface area contributed by atoms with Crippen LogP contribution in [0.15, 0.2) is 36.5 Å². The number of carbonyl (C=O) groups is 1. The summed E-state index contributed by atoms with van der Waals surface area (Å²) in [6, 6.07) is 7.47. The van der Waals surface area contributed by atoms with Gasteiger partial charge in [-0.3, -0.25) is 9.78 Å². The lowest BCUT2D eigenvalue weighted by Crippen LogP contribution is -2.29. The van der Waals surface area contributed by atoms with Gasteiger partial charge in [0.2, 0.25) is 5.95 Å². The van der Waals surface area contributed by atoms with Crippen molar-refractivity contribution < 1.29 is 27.8 Å². The molecule has 0 aliphatic heterocycles. The van der Waals surface area contributed by atoms with Crippen molar-refractivity contribution in [3.05, 3.63) is 42.2 Å². The van der Waals surface area contributed by atoms with Crippen LogP contribution in [0.3, 0.4) is 0 Å². The summed E-state index contributed by atoms with van der Waals surface area (Å²) >= 11 is 0. The molecule has 0 spiro atoms. The maximum absolute atomic E-state index is 12.5. The third-order valence-corrected chi connectivity index (χ3v) is 6.30. The van der Waals surface area contributed by atoms with Gasteiger partial charge in [-0.1, -0.05) is 20.8 Å². The van der Waals surface area contributed by atoms with E-state index in [0.29, 0.717) is 35.2 Å². The summed E-state index contributed by atoms with van der Waals surface area (Å²) in [5.41, 5.74) is 2.87. The zero-order valence-corrected chi connectivity index (χ0v) is 19.9. The number of fused-ring (bicyclic) bond motifs is 1. The van der Waals surface area contributed by atoms with Gasteiger partial charge in [-0.2, -0.15) is 0 Å². The number of rotatable bonds is 7. The smallest absolute Gasteiger partial charge is 0.481 e. The molecule has 2 N–H and O–H groups in total. The van der Waals surface area contributed by atoms with Gasteiger partial charge >= 0.3 is 12.3 Å². The van der Waals surface area contributed by atoms with Gasteiger partial charge in [-0.25, -0.2) is 4.98 Å². The molecule has 2 atom stereocenters. The van der Waals surface area contributed by atoms with E-state index in [9.17, 15) is 18.0 Å². The number of aryl methyl sites for hydroxylation is 1. The average molecular weight is 491 g/mol. The van der Waals surface area contributed by atoms with Crippen molar-refractivity contribution in [1.29, 1.82) is 0 Å². The molecule has 1 aliphatic rings. The average Bonchev–Trinajstić information content (AvgIpc) is 3.08. The van der Waals surface area contributed by atoms with Crippen LogP contribution >= 0.6 is 0 Å². The standard InChI is InChI=1S/C25H29F3N4O3/c1-15-10-18(13-24(2,3)12-15)32-21-14-29-17(6-9-22(33)34)11-20(21)31-23(32)30-16-4-7-19(8-5-16)35-25(26,27)28/h4-5,7-8,11,14-15,18H,6,9-10,12-13H2,1-3H3,(H,30,31)(H,33,34)/t15-,18+/m0/s1. The van der Waals surface area contributed by atoms with Gasteiger partial charge in [0.05, 0.1) is 23.7 Å². The lowest BCUT2D eigenvalue weighted by atomic mass is 9.70. The maximum Gasteiger partial charge on any atom is 0.573 e. The normalized spacial score (nSPS) is 20.1. The van der Waals surface area contributed by atoms with E-state index in [4.69, 9.17) is 10.1 Å². The Kier molecular flexibility index (Phi) is 6.66. The van der Waals surface area contributed by atoms with Crippen LogP contribution in [0.5, 0.6) is 5.75 Å². The Morgan fingerprint density at radius 2 is 1.97 bits per heavy atom. The number of carboxylic acids is 1. The number of aliphatic carboxylic acids is 1. The Labute approximate surface area is 201 Å². The maximum atomic E-state index is 12.5. The number of alkyl halides is 3. The molecular weight excluding hydrogens is 461 g/mol. The first-order valence-electron chi connectivity index (χ1n) is 11.6. The van der Waals surface area contributed by atoms with Gasteiger partial charge in [-0.15, -0.1) is 13.2 Å². The van der Waals surface area contributed by atoms with Crippen molar-refractivity contribution >= 4 is 28.6 Å². The van der Waals surface area contributed by atoms with E-state index < -0.39 is 12.3 Å². The van der Waals surface area contributed by atoms with Crippen molar-refractivity contribution in [2.75, 3.05) is 5.32 Å². The Hall–Kier alpha value is -3.30. The second-order valence-electron chi connectivity index (χ2n) is 10.1. The number of anilines is 2. The van der Waals surface area contributed by atoms with Crippen LogP contribution in [-0.4, -0.2) is 32.0 Å². The molecule has 1 aromatic carbocycles. The molecule has 0 unspecified atom stereocenters. The fraction of sp³-hybridized carbons (Fsp3) is 0.480. The molecule has 1 saturated carbocycles. The minimum absolute atomic E-state index is 0.0228. The molecule has 188 valence electrons. The predicted molar refractivity (Wildman–Crippen MR) is 126 cm³/mol. The van der Waals surface area contributed by atoms with Crippen molar-refractivity contribution in [2.24, 2.45) is 11.3 Å². The second kappa shape index (κ2) is 9.39. The molecule has 0 saturated heterocycles. The summed E-state index contributed by atoms with van der Waals surface area (Å²) in [5.74, 6) is -0.116.